The van der Waals surface area contributed by atoms with E-state index in [0.717, 1.165) is 49.2 Å². The highest BCUT2D eigenvalue weighted by molar-refractivity contribution is 5.83. The Hall–Kier alpha value is -2.99. The Morgan fingerprint density at radius 2 is 1.97 bits per heavy atom. The van der Waals surface area contributed by atoms with Gasteiger partial charge in [0.2, 0.25) is 5.91 Å². The SMILES string of the molecule is CCn1nc(C)c2c1CCN(C(C(=O)NC)c1ccccc1)C2CCc1ccc(C)c(F)c1. The van der Waals surface area contributed by atoms with Crippen LogP contribution >= 0.6 is 0 Å². The number of aryl methyl sites for hydroxylation is 4. The third-order valence-electron chi connectivity index (χ3n) is 6.81. The van der Waals surface area contributed by atoms with Gasteiger partial charge in [0.05, 0.1) is 5.69 Å². The summed E-state index contributed by atoms with van der Waals surface area (Å²) in [7, 11) is 1.69. The van der Waals surface area contributed by atoms with E-state index in [1.807, 2.05) is 42.5 Å². The molecule has 174 valence electrons. The molecule has 3 aromatic rings. The van der Waals surface area contributed by atoms with Gasteiger partial charge < -0.3 is 5.32 Å². The maximum Gasteiger partial charge on any atom is 0.241 e. The van der Waals surface area contributed by atoms with Crippen molar-refractivity contribution in [2.75, 3.05) is 13.6 Å². The van der Waals surface area contributed by atoms with E-state index in [4.69, 9.17) is 5.10 Å². The first-order chi connectivity index (χ1) is 15.9. The van der Waals surface area contributed by atoms with Gasteiger partial charge in [-0.15, -0.1) is 0 Å². The summed E-state index contributed by atoms with van der Waals surface area (Å²) in [4.78, 5) is 15.5. The van der Waals surface area contributed by atoms with Gasteiger partial charge in [-0.1, -0.05) is 42.5 Å². The molecule has 0 radical (unpaired) electrons. The number of hydrogen-bond donors (Lipinski definition) is 1. The average Bonchev–Trinajstić information content (AvgIpc) is 3.16. The molecule has 2 heterocycles. The van der Waals surface area contributed by atoms with Crippen LogP contribution in [0.3, 0.4) is 0 Å². The molecular formula is C27H33FN4O. The van der Waals surface area contributed by atoms with Crippen LogP contribution in [0.5, 0.6) is 0 Å². The van der Waals surface area contributed by atoms with Crippen LogP contribution < -0.4 is 5.32 Å². The van der Waals surface area contributed by atoms with Crippen LogP contribution in [-0.2, 0) is 24.2 Å². The summed E-state index contributed by atoms with van der Waals surface area (Å²) in [6, 6.07) is 15.1. The Labute approximate surface area is 195 Å². The number of carbonyl (C=O) groups is 1. The maximum atomic E-state index is 14.2. The van der Waals surface area contributed by atoms with Crippen LogP contribution in [0.1, 0.15) is 59.1 Å². The number of nitrogens with zero attached hydrogens (tertiary/aromatic N) is 3. The number of benzene rings is 2. The van der Waals surface area contributed by atoms with E-state index in [2.05, 4.69) is 28.7 Å². The fourth-order valence-corrected chi connectivity index (χ4v) is 5.14. The second-order valence-corrected chi connectivity index (χ2v) is 8.81. The Kier molecular flexibility index (Phi) is 6.94. The summed E-state index contributed by atoms with van der Waals surface area (Å²) < 4.78 is 16.3. The lowest BCUT2D eigenvalue weighted by Crippen LogP contribution is -2.45. The highest BCUT2D eigenvalue weighted by atomic mass is 19.1. The van der Waals surface area contributed by atoms with Crippen molar-refractivity contribution >= 4 is 5.91 Å². The molecule has 1 aliphatic heterocycles. The van der Waals surface area contributed by atoms with Gasteiger partial charge in [-0.05, 0) is 56.4 Å². The van der Waals surface area contributed by atoms with Gasteiger partial charge in [-0.25, -0.2) is 4.39 Å². The van der Waals surface area contributed by atoms with E-state index in [9.17, 15) is 9.18 Å². The zero-order chi connectivity index (χ0) is 23.5. The second kappa shape index (κ2) is 9.87. The summed E-state index contributed by atoms with van der Waals surface area (Å²) in [6.07, 6.45) is 2.36. The first-order valence-electron chi connectivity index (χ1n) is 11.8. The van der Waals surface area contributed by atoms with Crippen molar-refractivity contribution in [3.63, 3.8) is 0 Å². The number of hydrogen-bond acceptors (Lipinski definition) is 3. The minimum Gasteiger partial charge on any atom is -0.358 e. The van der Waals surface area contributed by atoms with Crippen molar-refractivity contribution in [3.8, 4) is 0 Å². The lowest BCUT2D eigenvalue weighted by molar-refractivity contribution is -0.127. The Balaban J connectivity index is 1.74. The number of halogens is 1. The number of likely N-dealkylation sites (N-methyl/N-ethyl adjacent to an activating group) is 1. The first-order valence-corrected chi connectivity index (χ1v) is 11.8. The molecule has 0 saturated heterocycles. The molecule has 2 unspecified atom stereocenters. The number of carbonyl (C=O) groups excluding carboxylic acids is 1. The molecule has 1 amide bonds. The van der Waals surface area contributed by atoms with Crippen molar-refractivity contribution in [1.82, 2.24) is 20.0 Å². The van der Waals surface area contributed by atoms with Crippen LogP contribution in [0, 0.1) is 19.7 Å². The van der Waals surface area contributed by atoms with E-state index < -0.39 is 6.04 Å². The number of nitrogens with one attached hydrogen (secondary N) is 1. The van der Waals surface area contributed by atoms with E-state index in [-0.39, 0.29) is 17.8 Å². The molecule has 0 aliphatic carbocycles. The highest BCUT2D eigenvalue weighted by Crippen LogP contribution is 2.40. The molecule has 33 heavy (non-hydrogen) atoms. The van der Waals surface area contributed by atoms with Crippen molar-refractivity contribution < 1.29 is 9.18 Å². The number of amides is 1. The topological polar surface area (TPSA) is 50.2 Å². The molecule has 5 nitrogen and oxygen atoms in total. The third kappa shape index (κ3) is 4.58. The lowest BCUT2D eigenvalue weighted by atomic mass is 9.88. The normalized spacial score (nSPS) is 16.9. The number of rotatable bonds is 7. The predicted octanol–water partition coefficient (Wildman–Crippen LogP) is 4.68. The molecule has 1 aromatic heterocycles. The third-order valence-corrected chi connectivity index (χ3v) is 6.81. The molecule has 2 atom stereocenters. The molecular weight excluding hydrogens is 415 g/mol. The smallest absolute Gasteiger partial charge is 0.241 e. The minimum absolute atomic E-state index is 0.0147. The molecule has 1 aliphatic rings. The first kappa shape index (κ1) is 23.2. The fraction of sp³-hybridized carbons (Fsp3) is 0.407. The van der Waals surface area contributed by atoms with Crippen molar-refractivity contribution in [2.45, 2.75) is 58.7 Å². The van der Waals surface area contributed by atoms with Gasteiger partial charge in [-0.3, -0.25) is 14.4 Å². The molecule has 4 rings (SSSR count). The predicted molar refractivity (Wildman–Crippen MR) is 128 cm³/mol. The summed E-state index contributed by atoms with van der Waals surface area (Å²) in [5, 5.41) is 7.68. The van der Waals surface area contributed by atoms with Crippen molar-refractivity contribution in [3.05, 3.63) is 88.0 Å². The van der Waals surface area contributed by atoms with E-state index in [1.54, 1.807) is 20.0 Å². The van der Waals surface area contributed by atoms with Crippen LogP contribution in [0.25, 0.3) is 0 Å². The monoisotopic (exact) mass is 448 g/mol. The van der Waals surface area contributed by atoms with Crippen LogP contribution in [0.2, 0.25) is 0 Å². The van der Waals surface area contributed by atoms with Gasteiger partial charge in [0.15, 0.2) is 0 Å². The summed E-state index contributed by atoms with van der Waals surface area (Å²) in [6.45, 7) is 7.54. The fourth-order valence-electron chi connectivity index (χ4n) is 5.14. The van der Waals surface area contributed by atoms with Crippen LogP contribution in [0.15, 0.2) is 48.5 Å². The van der Waals surface area contributed by atoms with E-state index in [1.165, 1.54) is 11.3 Å². The van der Waals surface area contributed by atoms with Gasteiger partial charge in [0.25, 0.3) is 0 Å². The van der Waals surface area contributed by atoms with Crippen molar-refractivity contribution in [1.29, 1.82) is 0 Å². The molecule has 0 bridgehead atoms. The van der Waals surface area contributed by atoms with Gasteiger partial charge in [-0.2, -0.15) is 5.10 Å². The second-order valence-electron chi connectivity index (χ2n) is 8.81. The molecule has 1 N–H and O–H groups in total. The van der Waals surface area contributed by atoms with Gasteiger partial charge in [0, 0.05) is 43.9 Å². The molecule has 0 spiro atoms. The van der Waals surface area contributed by atoms with Gasteiger partial charge in [0.1, 0.15) is 11.9 Å². The lowest BCUT2D eigenvalue weighted by Gasteiger charge is -2.41. The van der Waals surface area contributed by atoms with Crippen LogP contribution in [-0.4, -0.2) is 34.2 Å². The Morgan fingerprint density at radius 1 is 1.21 bits per heavy atom. The Morgan fingerprint density at radius 3 is 2.64 bits per heavy atom. The van der Waals surface area contributed by atoms with E-state index >= 15 is 0 Å². The average molecular weight is 449 g/mol. The molecule has 2 aromatic carbocycles. The highest BCUT2D eigenvalue weighted by Gasteiger charge is 2.39. The maximum absolute atomic E-state index is 14.2. The molecule has 6 heteroatoms. The molecule has 0 saturated carbocycles. The Bertz CT molecular complexity index is 1120. The number of aromatic nitrogens is 2. The van der Waals surface area contributed by atoms with Gasteiger partial charge >= 0.3 is 0 Å². The number of fused-ring (bicyclic) bond motifs is 1. The zero-order valence-corrected chi connectivity index (χ0v) is 19.9. The summed E-state index contributed by atoms with van der Waals surface area (Å²) in [5.41, 5.74) is 6.11. The van der Waals surface area contributed by atoms with Crippen molar-refractivity contribution in [2.24, 2.45) is 0 Å². The minimum atomic E-state index is -0.395. The summed E-state index contributed by atoms with van der Waals surface area (Å²) >= 11 is 0. The summed E-state index contributed by atoms with van der Waals surface area (Å²) in [5.74, 6) is -0.187. The van der Waals surface area contributed by atoms with E-state index in [0.29, 0.717) is 5.56 Å². The molecule has 0 fully saturated rings. The standard InChI is InChI=1S/C27H33FN4O/c1-5-32-24-15-16-31(26(27(33)29-4)21-9-7-6-8-10-21)23(25(24)19(3)30-32)14-13-20-12-11-18(2)22(28)17-20/h6-12,17,23,26H,5,13-16H2,1-4H3,(H,29,33). The zero-order valence-electron chi connectivity index (χ0n) is 19.9. The largest absolute Gasteiger partial charge is 0.358 e. The van der Waals surface area contributed by atoms with Crippen LogP contribution in [0.4, 0.5) is 4.39 Å². The quantitative estimate of drug-likeness (QED) is 0.571.